The third-order valence-electron chi connectivity index (χ3n) is 3.79. The molecule has 1 amide bonds. The van der Waals surface area contributed by atoms with Gasteiger partial charge in [-0.05, 0) is 18.6 Å². The molecule has 0 bridgehead atoms. The smallest absolute Gasteiger partial charge is 0.251 e. The van der Waals surface area contributed by atoms with Gasteiger partial charge in [-0.15, -0.1) is 0 Å². The lowest BCUT2D eigenvalue weighted by Crippen LogP contribution is -2.29. The number of ketones is 1. The van der Waals surface area contributed by atoms with E-state index in [0.29, 0.717) is 12.0 Å². The van der Waals surface area contributed by atoms with E-state index in [4.69, 9.17) is 0 Å². The maximum Gasteiger partial charge on any atom is 0.251 e. The number of unbranched alkanes of at least 4 members (excludes halogenated alkanes) is 7. The second-order valence-corrected chi connectivity index (χ2v) is 5.81. The van der Waals surface area contributed by atoms with Crippen LogP contribution in [0.25, 0.3) is 0 Å². The van der Waals surface area contributed by atoms with Crippen molar-refractivity contribution in [1.29, 1.82) is 0 Å². The molecule has 0 saturated carbocycles. The number of carbonyl (C=O) groups excluding carboxylic acids is 2. The molecule has 1 N–H and O–H groups in total. The predicted octanol–water partition coefficient (Wildman–Crippen LogP) is 4.52. The van der Waals surface area contributed by atoms with Gasteiger partial charge in [-0.1, -0.05) is 70.1 Å². The van der Waals surface area contributed by atoms with Gasteiger partial charge in [0.25, 0.3) is 5.91 Å². The van der Waals surface area contributed by atoms with Gasteiger partial charge in [0.05, 0.1) is 6.54 Å². The lowest BCUT2D eigenvalue weighted by molar-refractivity contribution is -0.118. The summed E-state index contributed by atoms with van der Waals surface area (Å²) in [4.78, 5) is 23.5. The highest BCUT2D eigenvalue weighted by Gasteiger charge is 2.07. The molecule has 0 aliphatic heterocycles. The lowest BCUT2D eigenvalue weighted by Gasteiger charge is -2.05. The van der Waals surface area contributed by atoms with Crippen molar-refractivity contribution in [3.8, 4) is 0 Å². The topological polar surface area (TPSA) is 46.2 Å². The van der Waals surface area contributed by atoms with E-state index in [9.17, 15) is 9.59 Å². The minimum absolute atomic E-state index is 0.121. The van der Waals surface area contributed by atoms with Crippen molar-refractivity contribution in [2.24, 2.45) is 0 Å². The van der Waals surface area contributed by atoms with Crippen LogP contribution >= 0.6 is 0 Å². The summed E-state index contributed by atoms with van der Waals surface area (Å²) in [5, 5.41) is 2.69. The summed E-state index contributed by atoms with van der Waals surface area (Å²) in [5.74, 6) is -0.0554. The van der Waals surface area contributed by atoms with E-state index in [-0.39, 0.29) is 18.2 Å². The van der Waals surface area contributed by atoms with Crippen molar-refractivity contribution in [1.82, 2.24) is 5.32 Å². The highest BCUT2D eigenvalue weighted by atomic mass is 16.2. The normalized spacial score (nSPS) is 10.4. The number of rotatable bonds is 12. The van der Waals surface area contributed by atoms with Crippen molar-refractivity contribution in [2.75, 3.05) is 6.54 Å². The molecule has 1 aromatic carbocycles. The zero-order chi connectivity index (χ0) is 16.0. The summed E-state index contributed by atoms with van der Waals surface area (Å²) >= 11 is 0. The van der Waals surface area contributed by atoms with E-state index in [1.807, 2.05) is 18.2 Å². The molecule has 0 spiro atoms. The van der Waals surface area contributed by atoms with Crippen LogP contribution in [0.2, 0.25) is 0 Å². The Hall–Kier alpha value is -1.64. The molecule has 1 aromatic rings. The Morgan fingerprint density at radius 3 is 2.09 bits per heavy atom. The number of amides is 1. The largest absolute Gasteiger partial charge is 0.345 e. The van der Waals surface area contributed by atoms with Gasteiger partial charge < -0.3 is 5.32 Å². The Kier molecular flexibility index (Phi) is 10.0. The maximum absolute atomic E-state index is 11.8. The van der Waals surface area contributed by atoms with Gasteiger partial charge in [0.2, 0.25) is 0 Å². The predicted molar refractivity (Wildman–Crippen MR) is 91.0 cm³/mol. The second-order valence-electron chi connectivity index (χ2n) is 5.81. The average molecular weight is 303 g/mol. The molecule has 3 heteroatoms. The van der Waals surface area contributed by atoms with Crippen LogP contribution in [0.1, 0.15) is 75.1 Å². The Balaban J connectivity index is 2.01. The first-order valence-electron chi connectivity index (χ1n) is 8.59. The molecular weight excluding hydrogens is 274 g/mol. The summed E-state index contributed by atoms with van der Waals surface area (Å²) in [6, 6.07) is 9.00. The van der Waals surface area contributed by atoms with Crippen LogP contribution in [0.3, 0.4) is 0 Å². The number of benzene rings is 1. The van der Waals surface area contributed by atoms with Crippen LogP contribution in [-0.4, -0.2) is 18.2 Å². The highest BCUT2D eigenvalue weighted by Crippen LogP contribution is 2.09. The molecule has 3 nitrogen and oxygen atoms in total. The first-order valence-corrected chi connectivity index (χ1v) is 8.59. The van der Waals surface area contributed by atoms with E-state index in [1.165, 1.54) is 38.5 Å². The molecule has 0 aliphatic rings. The molecule has 22 heavy (non-hydrogen) atoms. The van der Waals surface area contributed by atoms with Gasteiger partial charge in [0, 0.05) is 12.0 Å². The zero-order valence-electron chi connectivity index (χ0n) is 13.8. The summed E-state index contributed by atoms with van der Waals surface area (Å²) in [5.41, 5.74) is 0.599. The van der Waals surface area contributed by atoms with E-state index < -0.39 is 0 Å². The standard InChI is InChI=1S/C19H29NO2/c1-2-3-4-5-6-7-8-12-15-18(21)16-20-19(22)17-13-10-9-11-14-17/h9-11,13-14H,2-8,12,15-16H2,1H3,(H,20,22). The summed E-state index contributed by atoms with van der Waals surface area (Å²) < 4.78 is 0. The molecule has 0 aliphatic carbocycles. The fraction of sp³-hybridized carbons (Fsp3) is 0.579. The average Bonchev–Trinajstić information content (AvgIpc) is 2.56. The number of hydrogen-bond donors (Lipinski definition) is 1. The van der Waals surface area contributed by atoms with Crippen LogP contribution in [0, 0.1) is 0 Å². The molecule has 0 heterocycles. The van der Waals surface area contributed by atoms with Crippen LogP contribution in [0.4, 0.5) is 0 Å². The number of nitrogens with one attached hydrogen (secondary N) is 1. The molecule has 0 fully saturated rings. The van der Waals surface area contributed by atoms with Gasteiger partial charge in [-0.25, -0.2) is 0 Å². The van der Waals surface area contributed by atoms with E-state index in [2.05, 4.69) is 12.2 Å². The fourth-order valence-corrected chi connectivity index (χ4v) is 2.41. The molecule has 122 valence electrons. The van der Waals surface area contributed by atoms with Gasteiger partial charge in [0.15, 0.2) is 5.78 Å². The van der Waals surface area contributed by atoms with Gasteiger partial charge in [0.1, 0.15) is 0 Å². The SMILES string of the molecule is CCCCCCCCCCC(=O)CNC(=O)c1ccccc1. The first kappa shape index (κ1) is 18.4. The number of carbonyl (C=O) groups is 2. The maximum atomic E-state index is 11.8. The van der Waals surface area contributed by atoms with Crippen LogP contribution in [0.15, 0.2) is 30.3 Å². The molecule has 0 unspecified atom stereocenters. The van der Waals surface area contributed by atoms with Crippen LogP contribution in [-0.2, 0) is 4.79 Å². The number of hydrogen-bond acceptors (Lipinski definition) is 2. The molecular formula is C19H29NO2. The summed E-state index contributed by atoms with van der Waals surface area (Å²) in [6.07, 6.45) is 10.4. The monoisotopic (exact) mass is 303 g/mol. The van der Waals surface area contributed by atoms with E-state index >= 15 is 0 Å². The van der Waals surface area contributed by atoms with Gasteiger partial charge >= 0.3 is 0 Å². The van der Waals surface area contributed by atoms with E-state index in [0.717, 1.165) is 12.8 Å². The van der Waals surface area contributed by atoms with Crippen LogP contribution in [0.5, 0.6) is 0 Å². The minimum Gasteiger partial charge on any atom is -0.345 e. The second kappa shape index (κ2) is 12.0. The van der Waals surface area contributed by atoms with Crippen molar-refractivity contribution in [2.45, 2.75) is 64.7 Å². The fourth-order valence-electron chi connectivity index (χ4n) is 2.41. The van der Waals surface area contributed by atoms with Crippen molar-refractivity contribution in [3.63, 3.8) is 0 Å². The van der Waals surface area contributed by atoms with Crippen LogP contribution < -0.4 is 5.32 Å². The molecule has 1 rings (SSSR count). The first-order chi connectivity index (χ1) is 10.7. The summed E-state index contributed by atoms with van der Waals surface area (Å²) in [7, 11) is 0. The molecule has 0 saturated heterocycles. The summed E-state index contributed by atoms with van der Waals surface area (Å²) in [6.45, 7) is 2.37. The lowest BCUT2D eigenvalue weighted by atomic mass is 10.1. The number of Topliss-reactive ketones (excluding diaryl/α,β-unsaturated/α-hetero) is 1. The van der Waals surface area contributed by atoms with Gasteiger partial charge in [-0.2, -0.15) is 0 Å². The molecule has 0 atom stereocenters. The highest BCUT2D eigenvalue weighted by molar-refractivity contribution is 5.96. The molecule has 0 radical (unpaired) electrons. The van der Waals surface area contributed by atoms with Gasteiger partial charge in [-0.3, -0.25) is 9.59 Å². The Bertz CT molecular complexity index is 428. The third kappa shape index (κ3) is 8.60. The zero-order valence-corrected chi connectivity index (χ0v) is 13.8. The van der Waals surface area contributed by atoms with Crippen molar-refractivity contribution in [3.05, 3.63) is 35.9 Å². The van der Waals surface area contributed by atoms with E-state index in [1.54, 1.807) is 12.1 Å². The Morgan fingerprint density at radius 2 is 1.45 bits per heavy atom. The quantitative estimate of drug-likeness (QED) is 0.577. The molecule has 0 aromatic heterocycles. The Labute approximate surface area is 134 Å². The van der Waals surface area contributed by atoms with Crippen molar-refractivity contribution < 1.29 is 9.59 Å². The third-order valence-corrected chi connectivity index (χ3v) is 3.79. The minimum atomic E-state index is -0.176. The Morgan fingerprint density at radius 1 is 0.864 bits per heavy atom. The van der Waals surface area contributed by atoms with Crippen molar-refractivity contribution >= 4 is 11.7 Å².